The summed E-state index contributed by atoms with van der Waals surface area (Å²) in [4.78, 5) is 0.205. The van der Waals surface area contributed by atoms with Crippen molar-refractivity contribution >= 4 is 28.2 Å². The number of aryl methyl sites for hydroxylation is 1. The lowest BCUT2D eigenvalue weighted by molar-refractivity contribution is 0.602. The monoisotopic (exact) mass is 231 g/mol. The summed E-state index contributed by atoms with van der Waals surface area (Å²) in [5.74, 6) is 0.688. The summed E-state index contributed by atoms with van der Waals surface area (Å²) in [6.07, 6.45) is 1.90. The lowest BCUT2D eigenvalue weighted by atomic mass is 10.1. The van der Waals surface area contributed by atoms with Crippen molar-refractivity contribution in [2.24, 2.45) is 0 Å². The second-order valence-electron chi connectivity index (χ2n) is 3.12. The van der Waals surface area contributed by atoms with Gasteiger partial charge in [0, 0.05) is 6.26 Å². The first-order chi connectivity index (χ1) is 6.45. The summed E-state index contributed by atoms with van der Waals surface area (Å²) in [7, 11) is -3.22. The number of hydrogen-bond acceptors (Lipinski definition) is 4. The quantitative estimate of drug-likeness (QED) is 0.606. The van der Waals surface area contributed by atoms with Crippen LogP contribution >= 0.6 is 12.6 Å². The molecule has 0 fully saturated rings. The van der Waals surface area contributed by atoms with Crippen LogP contribution in [0.3, 0.4) is 0 Å². The summed E-state index contributed by atoms with van der Waals surface area (Å²) < 4.78 is 22.6. The van der Waals surface area contributed by atoms with E-state index in [1.54, 1.807) is 12.1 Å². The van der Waals surface area contributed by atoms with Crippen molar-refractivity contribution in [3.63, 3.8) is 0 Å². The largest absolute Gasteiger partial charge is 0.398 e. The van der Waals surface area contributed by atoms with E-state index in [1.165, 1.54) is 0 Å². The van der Waals surface area contributed by atoms with Crippen molar-refractivity contribution < 1.29 is 8.42 Å². The fourth-order valence-corrected chi connectivity index (χ4v) is 2.30. The highest BCUT2D eigenvalue weighted by Gasteiger charge is 2.11. The number of rotatable bonds is 3. The molecule has 0 heterocycles. The highest BCUT2D eigenvalue weighted by molar-refractivity contribution is 7.90. The van der Waals surface area contributed by atoms with E-state index >= 15 is 0 Å². The molecule has 1 rings (SSSR count). The van der Waals surface area contributed by atoms with Crippen LogP contribution < -0.4 is 5.73 Å². The van der Waals surface area contributed by atoms with Crippen LogP contribution in [0, 0.1) is 0 Å². The van der Waals surface area contributed by atoms with Gasteiger partial charge in [-0.1, -0.05) is 6.07 Å². The molecule has 0 saturated heterocycles. The van der Waals surface area contributed by atoms with E-state index < -0.39 is 9.84 Å². The summed E-state index contributed by atoms with van der Waals surface area (Å²) >= 11 is 4.08. The average Bonchev–Trinajstić information content (AvgIpc) is 2.07. The standard InChI is InChI=1S/C9H13NO2S2/c1-14(11,12)9-6-7(4-5-13)2-3-8(9)10/h2-3,6,13H,4-5,10H2,1H3. The van der Waals surface area contributed by atoms with Crippen LogP contribution in [0.25, 0.3) is 0 Å². The molecule has 14 heavy (non-hydrogen) atoms. The summed E-state index contributed by atoms with van der Waals surface area (Å²) in [6.45, 7) is 0. The van der Waals surface area contributed by atoms with Crippen LogP contribution in [0.1, 0.15) is 5.56 Å². The second kappa shape index (κ2) is 4.23. The number of thiol groups is 1. The molecular weight excluding hydrogens is 218 g/mol. The molecule has 1 aromatic rings. The molecule has 0 aromatic heterocycles. The Bertz CT molecular complexity index is 426. The maximum Gasteiger partial charge on any atom is 0.177 e. The molecule has 0 aliphatic heterocycles. The fourth-order valence-electron chi connectivity index (χ4n) is 1.18. The van der Waals surface area contributed by atoms with Gasteiger partial charge in [0.1, 0.15) is 0 Å². The summed E-state index contributed by atoms with van der Waals surface area (Å²) in [5.41, 5.74) is 6.81. The first-order valence-corrected chi connectivity index (χ1v) is 6.67. The van der Waals surface area contributed by atoms with Crippen LogP contribution in [0.4, 0.5) is 5.69 Å². The molecule has 0 atom stereocenters. The molecule has 78 valence electrons. The minimum atomic E-state index is -3.22. The van der Waals surface area contributed by atoms with Crippen LogP contribution in [-0.2, 0) is 16.3 Å². The van der Waals surface area contributed by atoms with Gasteiger partial charge in [0.25, 0.3) is 0 Å². The molecule has 0 bridgehead atoms. The Kier molecular flexibility index (Phi) is 3.44. The Hall–Kier alpha value is -0.680. The first kappa shape index (κ1) is 11.4. The van der Waals surface area contributed by atoms with E-state index in [0.717, 1.165) is 18.2 Å². The predicted octanol–water partition coefficient (Wildman–Crippen LogP) is 1.14. The number of benzene rings is 1. The summed E-state index contributed by atoms with van der Waals surface area (Å²) in [6, 6.07) is 5.05. The van der Waals surface area contributed by atoms with Crippen LogP contribution in [0.15, 0.2) is 23.1 Å². The Morgan fingerprint density at radius 1 is 1.43 bits per heavy atom. The Morgan fingerprint density at radius 2 is 2.07 bits per heavy atom. The van der Waals surface area contributed by atoms with Crippen LogP contribution in [-0.4, -0.2) is 20.4 Å². The van der Waals surface area contributed by atoms with E-state index in [4.69, 9.17) is 5.73 Å². The van der Waals surface area contributed by atoms with Crippen LogP contribution in [0.5, 0.6) is 0 Å². The molecule has 0 saturated carbocycles. The van der Waals surface area contributed by atoms with Gasteiger partial charge >= 0.3 is 0 Å². The van der Waals surface area contributed by atoms with Crippen molar-refractivity contribution in [2.45, 2.75) is 11.3 Å². The third-order valence-electron chi connectivity index (χ3n) is 1.88. The number of hydrogen-bond donors (Lipinski definition) is 2. The van der Waals surface area contributed by atoms with E-state index in [1.807, 2.05) is 6.07 Å². The number of anilines is 1. The van der Waals surface area contributed by atoms with Crippen molar-refractivity contribution in [2.75, 3.05) is 17.7 Å². The molecule has 0 unspecified atom stereocenters. The third-order valence-corrected chi connectivity index (χ3v) is 3.25. The van der Waals surface area contributed by atoms with Gasteiger partial charge in [-0.2, -0.15) is 12.6 Å². The lowest BCUT2D eigenvalue weighted by Crippen LogP contribution is -2.03. The van der Waals surface area contributed by atoms with Crippen molar-refractivity contribution in [3.05, 3.63) is 23.8 Å². The molecule has 5 heteroatoms. The van der Waals surface area contributed by atoms with E-state index in [0.29, 0.717) is 11.4 Å². The van der Waals surface area contributed by atoms with Gasteiger partial charge in [-0.05, 0) is 29.9 Å². The Labute approximate surface area is 89.6 Å². The zero-order valence-electron chi connectivity index (χ0n) is 7.90. The maximum atomic E-state index is 11.3. The van der Waals surface area contributed by atoms with Crippen LogP contribution in [0.2, 0.25) is 0 Å². The zero-order chi connectivity index (χ0) is 10.8. The van der Waals surface area contributed by atoms with Gasteiger partial charge in [0.05, 0.1) is 10.6 Å². The Morgan fingerprint density at radius 3 is 2.57 bits per heavy atom. The molecule has 0 spiro atoms. The van der Waals surface area contributed by atoms with Gasteiger partial charge in [-0.15, -0.1) is 0 Å². The predicted molar refractivity (Wildman–Crippen MR) is 61.5 cm³/mol. The van der Waals surface area contributed by atoms with Crippen molar-refractivity contribution in [3.8, 4) is 0 Å². The third kappa shape index (κ3) is 2.65. The fraction of sp³-hybridized carbons (Fsp3) is 0.333. The average molecular weight is 231 g/mol. The summed E-state index contributed by atoms with van der Waals surface area (Å²) in [5, 5.41) is 0. The zero-order valence-corrected chi connectivity index (χ0v) is 9.61. The number of sulfone groups is 1. The van der Waals surface area contributed by atoms with E-state index in [-0.39, 0.29) is 4.90 Å². The normalized spacial score (nSPS) is 11.6. The minimum absolute atomic E-state index is 0.205. The molecule has 0 radical (unpaired) electrons. The van der Waals surface area contributed by atoms with Gasteiger partial charge in [0.15, 0.2) is 9.84 Å². The van der Waals surface area contributed by atoms with Gasteiger partial charge in [-0.3, -0.25) is 0 Å². The lowest BCUT2D eigenvalue weighted by Gasteiger charge is -2.05. The first-order valence-electron chi connectivity index (χ1n) is 4.14. The molecule has 1 aromatic carbocycles. The van der Waals surface area contributed by atoms with Gasteiger partial charge in [0.2, 0.25) is 0 Å². The Balaban J connectivity index is 3.22. The molecule has 0 amide bonds. The molecule has 2 N–H and O–H groups in total. The van der Waals surface area contributed by atoms with Gasteiger partial charge < -0.3 is 5.73 Å². The molecule has 3 nitrogen and oxygen atoms in total. The topological polar surface area (TPSA) is 60.2 Å². The highest BCUT2D eigenvalue weighted by Crippen LogP contribution is 2.20. The second-order valence-corrected chi connectivity index (χ2v) is 5.55. The molecule has 0 aliphatic carbocycles. The number of nitrogens with two attached hydrogens (primary N) is 1. The van der Waals surface area contributed by atoms with E-state index in [2.05, 4.69) is 12.6 Å². The van der Waals surface area contributed by atoms with E-state index in [9.17, 15) is 8.42 Å². The van der Waals surface area contributed by atoms with Gasteiger partial charge in [-0.25, -0.2) is 8.42 Å². The minimum Gasteiger partial charge on any atom is -0.398 e. The number of nitrogen functional groups attached to an aromatic ring is 1. The SMILES string of the molecule is CS(=O)(=O)c1cc(CCS)ccc1N. The smallest absolute Gasteiger partial charge is 0.177 e. The highest BCUT2D eigenvalue weighted by atomic mass is 32.2. The van der Waals surface area contributed by atoms with Crippen molar-refractivity contribution in [1.82, 2.24) is 0 Å². The maximum absolute atomic E-state index is 11.3. The molecule has 0 aliphatic rings. The van der Waals surface area contributed by atoms with Crippen molar-refractivity contribution in [1.29, 1.82) is 0 Å². The molecular formula is C9H13NO2S2.